The summed E-state index contributed by atoms with van der Waals surface area (Å²) in [4.78, 5) is 12.0. The highest BCUT2D eigenvalue weighted by atomic mass is 19.1. The van der Waals surface area contributed by atoms with Gasteiger partial charge in [0.15, 0.2) is 0 Å². The highest BCUT2D eigenvalue weighted by Gasteiger charge is 2.22. The molecule has 1 fully saturated rings. The summed E-state index contributed by atoms with van der Waals surface area (Å²) in [5.74, 6) is 0.248. The lowest BCUT2D eigenvalue weighted by atomic mass is 9.94. The normalized spacial score (nSPS) is 19.0. The average molecular weight is 341 g/mol. The Labute approximate surface area is 148 Å². The van der Waals surface area contributed by atoms with Crippen molar-refractivity contribution in [3.63, 3.8) is 0 Å². The molecule has 4 nitrogen and oxygen atoms in total. The van der Waals surface area contributed by atoms with Crippen LogP contribution < -0.4 is 0 Å². The van der Waals surface area contributed by atoms with Crippen LogP contribution in [0, 0.1) is 5.82 Å². The summed E-state index contributed by atoms with van der Waals surface area (Å²) in [7, 11) is 1.54. The first-order valence-electron chi connectivity index (χ1n) is 8.75. The fourth-order valence-electron chi connectivity index (χ4n) is 3.38. The van der Waals surface area contributed by atoms with Crippen LogP contribution in [0.2, 0.25) is 0 Å². The van der Waals surface area contributed by atoms with Gasteiger partial charge in [0.2, 0.25) is 0 Å². The van der Waals surface area contributed by atoms with Crippen LogP contribution in [-0.2, 0) is 4.84 Å². The summed E-state index contributed by atoms with van der Waals surface area (Å²) < 4.78 is 13.1. The highest BCUT2D eigenvalue weighted by molar-refractivity contribution is 6.00. The van der Waals surface area contributed by atoms with Crippen LogP contribution in [0.15, 0.2) is 53.8 Å². The predicted octanol–water partition coefficient (Wildman–Crippen LogP) is 3.84. The molecule has 1 aromatic carbocycles. The van der Waals surface area contributed by atoms with E-state index in [9.17, 15) is 4.39 Å². The van der Waals surface area contributed by atoms with Crippen LogP contribution in [0.3, 0.4) is 0 Å². The number of benzene rings is 1. The van der Waals surface area contributed by atoms with Crippen LogP contribution in [0.25, 0.3) is 0 Å². The largest absolute Gasteiger partial charge is 0.399 e. The zero-order valence-corrected chi connectivity index (χ0v) is 14.6. The molecule has 25 heavy (non-hydrogen) atoms. The summed E-state index contributed by atoms with van der Waals surface area (Å²) in [6.45, 7) is 3.01. The van der Waals surface area contributed by atoms with Crippen molar-refractivity contribution in [2.24, 2.45) is 5.16 Å². The zero-order valence-electron chi connectivity index (χ0n) is 14.6. The van der Waals surface area contributed by atoms with Crippen molar-refractivity contribution < 1.29 is 9.23 Å². The van der Waals surface area contributed by atoms with Gasteiger partial charge in [-0.15, -0.1) is 0 Å². The van der Waals surface area contributed by atoms with Crippen molar-refractivity contribution in [3.8, 4) is 0 Å². The molecule has 2 heterocycles. The average Bonchev–Trinajstić information content (AvgIpc) is 2.67. The molecule has 0 aliphatic carbocycles. The van der Waals surface area contributed by atoms with E-state index in [1.807, 2.05) is 12.3 Å². The fraction of sp³-hybridized carbons (Fsp3) is 0.400. The number of hydrogen-bond acceptors (Lipinski definition) is 4. The third-order valence-electron chi connectivity index (χ3n) is 4.66. The summed E-state index contributed by atoms with van der Waals surface area (Å²) in [6, 6.07) is 12.5. The topological polar surface area (TPSA) is 37.7 Å². The molecule has 1 aliphatic rings. The van der Waals surface area contributed by atoms with Crippen molar-refractivity contribution in [1.29, 1.82) is 0 Å². The van der Waals surface area contributed by atoms with Crippen molar-refractivity contribution in [2.75, 3.05) is 26.7 Å². The highest BCUT2D eigenvalue weighted by Crippen LogP contribution is 2.25. The molecule has 132 valence electrons. The monoisotopic (exact) mass is 341 g/mol. The number of pyridine rings is 1. The number of hydrogen-bond donors (Lipinski definition) is 0. The van der Waals surface area contributed by atoms with Crippen molar-refractivity contribution in [3.05, 3.63) is 65.7 Å². The van der Waals surface area contributed by atoms with Crippen LogP contribution in [0.4, 0.5) is 4.39 Å². The number of aromatic nitrogens is 1. The van der Waals surface area contributed by atoms with E-state index in [0.717, 1.165) is 37.3 Å². The van der Waals surface area contributed by atoms with Gasteiger partial charge in [-0.1, -0.05) is 23.4 Å². The van der Waals surface area contributed by atoms with Gasteiger partial charge < -0.3 is 9.74 Å². The standard InChI is InChI=1S/C20H24FN3O/c1-25-23-20(16-7-9-18(21)10-8-16)11-14-24-13-4-5-17(15-24)19-6-2-3-12-22-19/h2-3,6-10,12,17H,4-5,11,13-15H2,1H3. The minimum Gasteiger partial charge on any atom is -0.399 e. The second kappa shape index (κ2) is 8.72. The Kier molecular flexibility index (Phi) is 6.12. The Morgan fingerprint density at radius 2 is 2.12 bits per heavy atom. The van der Waals surface area contributed by atoms with Gasteiger partial charge in [-0.05, 0) is 49.2 Å². The Morgan fingerprint density at radius 3 is 2.84 bits per heavy atom. The van der Waals surface area contributed by atoms with Crippen LogP contribution in [0.5, 0.6) is 0 Å². The lowest BCUT2D eigenvalue weighted by molar-refractivity contribution is 0.203. The van der Waals surface area contributed by atoms with E-state index in [4.69, 9.17) is 4.84 Å². The van der Waals surface area contributed by atoms with E-state index in [1.54, 1.807) is 19.2 Å². The smallest absolute Gasteiger partial charge is 0.123 e. The molecule has 1 aliphatic heterocycles. The van der Waals surface area contributed by atoms with Gasteiger partial charge in [0.1, 0.15) is 12.9 Å². The summed E-state index contributed by atoms with van der Waals surface area (Å²) >= 11 is 0. The van der Waals surface area contributed by atoms with Crippen molar-refractivity contribution in [1.82, 2.24) is 9.88 Å². The summed E-state index contributed by atoms with van der Waals surface area (Å²) in [5, 5.41) is 4.14. The van der Waals surface area contributed by atoms with E-state index in [1.165, 1.54) is 30.7 Å². The van der Waals surface area contributed by atoms with Gasteiger partial charge in [0.05, 0.1) is 5.71 Å². The molecule has 0 saturated carbocycles. The van der Waals surface area contributed by atoms with Crippen LogP contribution in [0.1, 0.15) is 36.4 Å². The maximum Gasteiger partial charge on any atom is 0.123 e. The van der Waals surface area contributed by atoms with Crippen molar-refractivity contribution >= 4 is 5.71 Å². The minimum absolute atomic E-state index is 0.241. The Bertz CT molecular complexity index is 688. The van der Waals surface area contributed by atoms with E-state index in [2.05, 4.69) is 27.2 Å². The fourth-order valence-corrected chi connectivity index (χ4v) is 3.38. The predicted molar refractivity (Wildman–Crippen MR) is 97.2 cm³/mol. The number of rotatable bonds is 6. The van der Waals surface area contributed by atoms with E-state index in [0.29, 0.717) is 5.92 Å². The molecule has 2 aromatic rings. The molecule has 3 rings (SSSR count). The Balaban J connectivity index is 1.61. The first-order chi connectivity index (χ1) is 12.3. The first kappa shape index (κ1) is 17.5. The van der Waals surface area contributed by atoms with Gasteiger partial charge in [-0.3, -0.25) is 4.98 Å². The Morgan fingerprint density at radius 1 is 1.28 bits per heavy atom. The summed E-state index contributed by atoms with van der Waals surface area (Å²) in [5.41, 5.74) is 2.93. The molecule has 0 bridgehead atoms. The maximum atomic E-state index is 13.1. The van der Waals surface area contributed by atoms with Crippen LogP contribution >= 0.6 is 0 Å². The van der Waals surface area contributed by atoms with Gasteiger partial charge in [0, 0.05) is 37.3 Å². The molecular formula is C20H24FN3O. The number of piperidine rings is 1. The van der Waals surface area contributed by atoms with Crippen LogP contribution in [-0.4, -0.2) is 42.3 Å². The number of halogens is 1. The second-order valence-corrected chi connectivity index (χ2v) is 6.37. The lowest BCUT2D eigenvalue weighted by Gasteiger charge is -2.32. The maximum absolute atomic E-state index is 13.1. The quantitative estimate of drug-likeness (QED) is 0.592. The molecule has 5 heteroatoms. The lowest BCUT2D eigenvalue weighted by Crippen LogP contribution is -2.36. The Hall–Kier alpha value is -2.27. The number of nitrogens with zero attached hydrogens (tertiary/aromatic N) is 3. The molecule has 1 atom stereocenters. The first-order valence-corrected chi connectivity index (χ1v) is 8.75. The SMILES string of the molecule is CON=C(CCN1CCCC(c2ccccn2)C1)c1ccc(F)cc1. The third kappa shape index (κ3) is 4.86. The van der Waals surface area contributed by atoms with E-state index in [-0.39, 0.29) is 5.82 Å². The molecule has 0 radical (unpaired) electrons. The molecule has 1 unspecified atom stereocenters. The zero-order chi connectivity index (χ0) is 17.5. The van der Waals surface area contributed by atoms with E-state index < -0.39 is 0 Å². The second-order valence-electron chi connectivity index (χ2n) is 6.37. The van der Waals surface area contributed by atoms with E-state index >= 15 is 0 Å². The molecule has 0 spiro atoms. The third-order valence-corrected chi connectivity index (χ3v) is 4.66. The summed E-state index contributed by atoms with van der Waals surface area (Å²) in [6.07, 6.45) is 5.00. The molecule has 1 saturated heterocycles. The molecular weight excluding hydrogens is 317 g/mol. The van der Waals surface area contributed by atoms with Gasteiger partial charge >= 0.3 is 0 Å². The molecule has 1 aromatic heterocycles. The van der Waals surface area contributed by atoms with Gasteiger partial charge in [-0.2, -0.15) is 0 Å². The minimum atomic E-state index is -0.241. The number of oxime groups is 1. The van der Waals surface area contributed by atoms with Gasteiger partial charge in [-0.25, -0.2) is 4.39 Å². The number of likely N-dealkylation sites (tertiary alicyclic amines) is 1. The van der Waals surface area contributed by atoms with Crippen molar-refractivity contribution in [2.45, 2.75) is 25.2 Å². The molecule has 0 N–H and O–H groups in total. The van der Waals surface area contributed by atoms with Gasteiger partial charge in [0.25, 0.3) is 0 Å². The molecule has 0 amide bonds.